The maximum atomic E-state index is 13.1. The molecule has 0 spiro atoms. The fourth-order valence-electron chi connectivity index (χ4n) is 3.89. The highest BCUT2D eigenvalue weighted by molar-refractivity contribution is 5.91. The van der Waals surface area contributed by atoms with Crippen molar-refractivity contribution in [2.45, 2.75) is 32.7 Å². The minimum Gasteiger partial charge on any atom is -0.497 e. The van der Waals surface area contributed by atoms with Gasteiger partial charge in [0, 0.05) is 13.1 Å². The second-order valence-electron chi connectivity index (χ2n) is 7.43. The lowest BCUT2D eigenvalue weighted by molar-refractivity contribution is 0.206. The van der Waals surface area contributed by atoms with Gasteiger partial charge < -0.3 is 24.6 Å². The molecular weight excluding hydrogens is 378 g/mol. The molecule has 1 heterocycles. The maximum Gasteiger partial charge on any atom is 0.322 e. The van der Waals surface area contributed by atoms with Crippen LogP contribution >= 0.6 is 0 Å². The van der Waals surface area contributed by atoms with E-state index in [1.54, 1.807) is 7.11 Å². The molecule has 0 unspecified atom stereocenters. The summed E-state index contributed by atoms with van der Waals surface area (Å²) in [6, 6.07) is 15.6. The number of likely N-dealkylation sites (tertiary alicyclic amines) is 1. The van der Waals surface area contributed by atoms with Gasteiger partial charge in [0.25, 0.3) is 0 Å². The molecule has 6 nitrogen and oxygen atoms in total. The van der Waals surface area contributed by atoms with Crippen LogP contribution < -0.4 is 14.8 Å². The number of hydrogen-bond donors (Lipinski definition) is 1. The molecule has 162 valence electrons. The van der Waals surface area contributed by atoms with Crippen LogP contribution in [-0.4, -0.2) is 55.7 Å². The first-order chi connectivity index (χ1) is 14.7. The van der Waals surface area contributed by atoms with Gasteiger partial charge in [0.1, 0.15) is 18.1 Å². The summed E-state index contributed by atoms with van der Waals surface area (Å²) in [7, 11) is 1.66. The number of benzene rings is 2. The van der Waals surface area contributed by atoms with Gasteiger partial charge in [-0.1, -0.05) is 38.1 Å². The highest BCUT2D eigenvalue weighted by atomic mass is 16.5. The third kappa shape index (κ3) is 5.45. The number of carbonyl (C=O) groups is 1. The van der Waals surface area contributed by atoms with Gasteiger partial charge in [-0.3, -0.25) is 0 Å². The lowest BCUT2D eigenvalue weighted by Crippen LogP contribution is -2.34. The predicted molar refractivity (Wildman–Crippen MR) is 120 cm³/mol. The van der Waals surface area contributed by atoms with Gasteiger partial charge in [0.15, 0.2) is 0 Å². The molecule has 1 N–H and O–H groups in total. The number of urea groups is 1. The minimum absolute atomic E-state index is 0.0756. The number of hydrogen-bond acceptors (Lipinski definition) is 4. The van der Waals surface area contributed by atoms with Crippen molar-refractivity contribution in [1.29, 1.82) is 0 Å². The van der Waals surface area contributed by atoms with Gasteiger partial charge >= 0.3 is 6.03 Å². The normalized spacial score (nSPS) is 16.0. The van der Waals surface area contributed by atoms with Crippen molar-refractivity contribution in [3.05, 3.63) is 54.1 Å². The van der Waals surface area contributed by atoms with Crippen LogP contribution in [0.15, 0.2) is 48.5 Å². The molecule has 6 heteroatoms. The standard InChI is InChI=1S/C24H33N3O3/c1-4-26(5-2)17-18-30-23-11-7-6-9-21(23)25-24(28)27-16-8-10-22(27)19-12-14-20(29-3)15-13-19/h6-7,9,11-15,22H,4-5,8,10,16-18H2,1-3H3,(H,25,28)/t22-/m1/s1. The Kier molecular flexibility index (Phi) is 7.97. The molecule has 1 aliphatic heterocycles. The van der Waals surface area contributed by atoms with E-state index in [1.165, 1.54) is 0 Å². The number of para-hydroxylation sites is 2. The summed E-state index contributed by atoms with van der Waals surface area (Å²) >= 11 is 0. The molecule has 2 aromatic rings. The van der Waals surface area contributed by atoms with Crippen LogP contribution in [0.25, 0.3) is 0 Å². The van der Waals surface area contributed by atoms with Gasteiger partial charge in [-0.05, 0) is 55.8 Å². The van der Waals surface area contributed by atoms with Crippen LogP contribution in [0.1, 0.15) is 38.3 Å². The number of likely N-dealkylation sites (N-methyl/N-ethyl adjacent to an activating group) is 1. The zero-order valence-corrected chi connectivity index (χ0v) is 18.3. The summed E-state index contributed by atoms with van der Waals surface area (Å²) in [5.41, 5.74) is 1.84. The lowest BCUT2D eigenvalue weighted by Gasteiger charge is -2.26. The fraction of sp³-hybridized carbons (Fsp3) is 0.458. The number of nitrogens with one attached hydrogen (secondary N) is 1. The molecule has 0 bridgehead atoms. The molecular formula is C24H33N3O3. The fourth-order valence-corrected chi connectivity index (χ4v) is 3.89. The molecule has 0 aromatic heterocycles. The molecule has 0 radical (unpaired) electrons. The van der Waals surface area contributed by atoms with Gasteiger partial charge in [0.2, 0.25) is 0 Å². The van der Waals surface area contributed by atoms with E-state index in [1.807, 2.05) is 53.4 Å². The van der Waals surface area contributed by atoms with Gasteiger partial charge in [-0.2, -0.15) is 0 Å². The number of methoxy groups -OCH3 is 1. The predicted octanol–water partition coefficient (Wildman–Crippen LogP) is 4.78. The number of ether oxygens (including phenoxy) is 2. The van der Waals surface area contributed by atoms with Gasteiger partial charge in [0.05, 0.1) is 18.8 Å². The molecule has 3 rings (SSSR count). The molecule has 1 saturated heterocycles. The first-order valence-electron chi connectivity index (χ1n) is 10.8. The van der Waals surface area contributed by atoms with Crippen molar-refractivity contribution in [3.63, 3.8) is 0 Å². The Hall–Kier alpha value is -2.73. The summed E-state index contributed by atoms with van der Waals surface area (Å²) in [5.74, 6) is 1.53. The first kappa shape index (κ1) is 22.0. The van der Waals surface area contributed by atoms with E-state index in [2.05, 4.69) is 24.1 Å². The summed E-state index contributed by atoms with van der Waals surface area (Å²) in [6.07, 6.45) is 1.95. The molecule has 2 aromatic carbocycles. The molecule has 1 fully saturated rings. The number of rotatable bonds is 9. The average Bonchev–Trinajstić information content (AvgIpc) is 3.28. The van der Waals surface area contributed by atoms with Crippen molar-refractivity contribution in [3.8, 4) is 11.5 Å². The van der Waals surface area contributed by atoms with Crippen LogP contribution in [-0.2, 0) is 0 Å². The van der Waals surface area contributed by atoms with Crippen molar-refractivity contribution < 1.29 is 14.3 Å². The van der Waals surface area contributed by atoms with Crippen LogP contribution in [0.4, 0.5) is 10.5 Å². The molecule has 1 atom stereocenters. The van der Waals surface area contributed by atoms with E-state index >= 15 is 0 Å². The second-order valence-corrected chi connectivity index (χ2v) is 7.43. The topological polar surface area (TPSA) is 54.0 Å². The number of amides is 2. The average molecular weight is 412 g/mol. The maximum absolute atomic E-state index is 13.1. The van der Waals surface area contributed by atoms with E-state index in [0.29, 0.717) is 18.0 Å². The summed E-state index contributed by atoms with van der Waals surface area (Å²) in [4.78, 5) is 17.3. The highest BCUT2D eigenvalue weighted by Gasteiger charge is 2.30. The Morgan fingerprint density at radius 1 is 1.13 bits per heavy atom. The van der Waals surface area contributed by atoms with E-state index in [9.17, 15) is 4.79 Å². The summed E-state index contributed by atoms with van der Waals surface area (Å²) in [6.45, 7) is 8.49. The molecule has 0 aliphatic carbocycles. The third-order valence-electron chi connectivity index (χ3n) is 5.70. The summed E-state index contributed by atoms with van der Waals surface area (Å²) < 4.78 is 11.2. The lowest BCUT2D eigenvalue weighted by atomic mass is 10.0. The van der Waals surface area contributed by atoms with Crippen molar-refractivity contribution in [2.75, 3.05) is 45.2 Å². The molecule has 2 amide bonds. The van der Waals surface area contributed by atoms with E-state index in [0.717, 1.165) is 50.3 Å². The highest BCUT2D eigenvalue weighted by Crippen LogP contribution is 2.34. The minimum atomic E-state index is -0.0897. The number of anilines is 1. The smallest absolute Gasteiger partial charge is 0.322 e. The van der Waals surface area contributed by atoms with Crippen LogP contribution in [0, 0.1) is 0 Å². The Balaban J connectivity index is 1.64. The van der Waals surface area contributed by atoms with Crippen LogP contribution in [0.5, 0.6) is 11.5 Å². The van der Waals surface area contributed by atoms with Gasteiger partial charge in [-0.15, -0.1) is 0 Å². The Bertz CT molecular complexity index is 806. The van der Waals surface area contributed by atoms with Crippen LogP contribution in [0.3, 0.4) is 0 Å². The number of carbonyl (C=O) groups excluding carboxylic acids is 1. The Labute approximate surface area is 179 Å². The Morgan fingerprint density at radius 2 is 1.87 bits per heavy atom. The largest absolute Gasteiger partial charge is 0.497 e. The zero-order chi connectivity index (χ0) is 21.3. The van der Waals surface area contributed by atoms with Gasteiger partial charge in [-0.25, -0.2) is 4.79 Å². The second kappa shape index (κ2) is 10.9. The molecule has 1 aliphatic rings. The number of nitrogens with zero attached hydrogens (tertiary/aromatic N) is 2. The Morgan fingerprint density at radius 3 is 2.57 bits per heavy atom. The van der Waals surface area contributed by atoms with Crippen molar-refractivity contribution in [2.24, 2.45) is 0 Å². The van der Waals surface area contributed by atoms with Crippen molar-refractivity contribution in [1.82, 2.24) is 9.80 Å². The quantitative estimate of drug-likeness (QED) is 0.645. The molecule has 30 heavy (non-hydrogen) atoms. The monoisotopic (exact) mass is 411 g/mol. The van der Waals surface area contributed by atoms with E-state index < -0.39 is 0 Å². The van der Waals surface area contributed by atoms with Crippen LogP contribution in [0.2, 0.25) is 0 Å². The molecule has 0 saturated carbocycles. The third-order valence-corrected chi connectivity index (χ3v) is 5.70. The van der Waals surface area contributed by atoms with E-state index in [-0.39, 0.29) is 12.1 Å². The SMILES string of the molecule is CCN(CC)CCOc1ccccc1NC(=O)N1CCC[C@@H]1c1ccc(OC)cc1. The first-order valence-corrected chi connectivity index (χ1v) is 10.8. The van der Waals surface area contributed by atoms with E-state index in [4.69, 9.17) is 9.47 Å². The van der Waals surface area contributed by atoms with Crippen molar-refractivity contribution >= 4 is 11.7 Å². The zero-order valence-electron chi connectivity index (χ0n) is 18.3. The summed E-state index contributed by atoms with van der Waals surface area (Å²) in [5, 5.41) is 3.06.